The molecule has 1 unspecified atom stereocenters. The van der Waals surface area contributed by atoms with E-state index in [0.717, 1.165) is 18.5 Å². The van der Waals surface area contributed by atoms with Gasteiger partial charge in [-0.3, -0.25) is 0 Å². The standard InChI is InChI=1S/C15H21NOS/c1-11(2)16-9-8-15(3,17)13-6-4-5-12-7-10-18-14(12)13/h4-7,10-11,16-17H,8-9H2,1-3H3. The third-order valence-corrected chi connectivity index (χ3v) is 4.19. The van der Waals surface area contributed by atoms with Crippen LogP contribution >= 0.6 is 11.3 Å². The van der Waals surface area contributed by atoms with Crippen molar-refractivity contribution < 1.29 is 5.11 Å². The number of rotatable bonds is 5. The van der Waals surface area contributed by atoms with E-state index in [-0.39, 0.29) is 0 Å². The largest absolute Gasteiger partial charge is 0.385 e. The summed E-state index contributed by atoms with van der Waals surface area (Å²) in [7, 11) is 0. The molecule has 98 valence electrons. The van der Waals surface area contributed by atoms with Crippen LogP contribution in [0.3, 0.4) is 0 Å². The number of hydrogen-bond acceptors (Lipinski definition) is 3. The first-order chi connectivity index (χ1) is 8.50. The predicted molar refractivity (Wildman–Crippen MR) is 79.2 cm³/mol. The lowest BCUT2D eigenvalue weighted by Crippen LogP contribution is -2.31. The normalized spacial score (nSPS) is 15.2. The van der Waals surface area contributed by atoms with Crippen molar-refractivity contribution >= 4 is 21.4 Å². The number of thiophene rings is 1. The smallest absolute Gasteiger partial charge is 0.0894 e. The lowest BCUT2D eigenvalue weighted by molar-refractivity contribution is 0.0492. The fraction of sp³-hybridized carbons (Fsp3) is 0.467. The first-order valence-electron chi connectivity index (χ1n) is 6.43. The van der Waals surface area contributed by atoms with E-state index in [4.69, 9.17) is 0 Å². The Bertz CT molecular complexity index is 516. The molecule has 1 aromatic carbocycles. The van der Waals surface area contributed by atoms with E-state index in [1.165, 1.54) is 10.1 Å². The van der Waals surface area contributed by atoms with E-state index in [0.29, 0.717) is 6.04 Å². The molecular formula is C15H21NOS. The van der Waals surface area contributed by atoms with Crippen LogP contribution in [-0.2, 0) is 5.60 Å². The summed E-state index contributed by atoms with van der Waals surface area (Å²) in [4.78, 5) is 0. The predicted octanol–water partition coefficient (Wildman–Crippen LogP) is 3.50. The number of aliphatic hydroxyl groups is 1. The lowest BCUT2D eigenvalue weighted by atomic mass is 9.91. The molecule has 0 spiro atoms. The minimum absolute atomic E-state index is 0.457. The maximum atomic E-state index is 10.7. The Morgan fingerprint density at radius 2 is 2.11 bits per heavy atom. The second-order valence-electron chi connectivity index (χ2n) is 5.28. The van der Waals surface area contributed by atoms with Gasteiger partial charge in [0.05, 0.1) is 5.60 Å². The van der Waals surface area contributed by atoms with Gasteiger partial charge in [-0.05, 0) is 36.7 Å². The van der Waals surface area contributed by atoms with E-state index in [1.54, 1.807) is 11.3 Å². The van der Waals surface area contributed by atoms with Crippen LogP contribution in [0.25, 0.3) is 10.1 Å². The van der Waals surface area contributed by atoms with Crippen molar-refractivity contribution in [1.29, 1.82) is 0 Å². The molecule has 0 aliphatic heterocycles. The zero-order valence-electron chi connectivity index (χ0n) is 11.2. The molecule has 0 aliphatic rings. The fourth-order valence-electron chi connectivity index (χ4n) is 2.16. The van der Waals surface area contributed by atoms with Gasteiger partial charge in [-0.1, -0.05) is 32.0 Å². The Morgan fingerprint density at radius 1 is 1.33 bits per heavy atom. The van der Waals surface area contributed by atoms with Crippen LogP contribution in [0.1, 0.15) is 32.8 Å². The van der Waals surface area contributed by atoms with Gasteiger partial charge in [0.1, 0.15) is 0 Å². The molecule has 0 fully saturated rings. The highest BCUT2D eigenvalue weighted by molar-refractivity contribution is 7.17. The molecule has 1 aromatic heterocycles. The number of fused-ring (bicyclic) bond motifs is 1. The first kappa shape index (κ1) is 13.5. The van der Waals surface area contributed by atoms with Gasteiger partial charge < -0.3 is 10.4 Å². The highest BCUT2D eigenvalue weighted by Crippen LogP contribution is 2.33. The van der Waals surface area contributed by atoms with Crippen LogP contribution in [0.4, 0.5) is 0 Å². The number of nitrogens with one attached hydrogen (secondary N) is 1. The van der Waals surface area contributed by atoms with Gasteiger partial charge in [-0.2, -0.15) is 0 Å². The molecule has 0 amide bonds. The number of benzene rings is 1. The van der Waals surface area contributed by atoms with E-state index in [9.17, 15) is 5.11 Å². The summed E-state index contributed by atoms with van der Waals surface area (Å²) in [6, 6.07) is 8.71. The Labute approximate surface area is 113 Å². The molecule has 0 bridgehead atoms. The summed E-state index contributed by atoms with van der Waals surface area (Å²) in [6.45, 7) is 6.97. The Hall–Kier alpha value is -0.900. The highest BCUT2D eigenvalue weighted by Gasteiger charge is 2.25. The van der Waals surface area contributed by atoms with Crippen molar-refractivity contribution in [2.45, 2.75) is 38.8 Å². The van der Waals surface area contributed by atoms with Gasteiger partial charge in [0.2, 0.25) is 0 Å². The van der Waals surface area contributed by atoms with E-state index in [2.05, 4.69) is 36.7 Å². The van der Waals surface area contributed by atoms with Gasteiger partial charge in [0.15, 0.2) is 0 Å². The van der Waals surface area contributed by atoms with E-state index < -0.39 is 5.60 Å². The zero-order chi connectivity index (χ0) is 13.2. The van der Waals surface area contributed by atoms with Gasteiger partial charge >= 0.3 is 0 Å². The molecule has 0 radical (unpaired) electrons. The molecule has 0 aliphatic carbocycles. The molecule has 1 atom stereocenters. The topological polar surface area (TPSA) is 32.3 Å². The molecule has 0 saturated heterocycles. The average Bonchev–Trinajstić information content (AvgIpc) is 2.75. The fourth-order valence-corrected chi connectivity index (χ4v) is 3.19. The summed E-state index contributed by atoms with van der Waals surface area (Å²) in [5, 5.41) is 17.3. The molecule has 18 heavy (non-hydrogen) atoms. The van der Waals surface area contributed by atoms with Crippen LogP contribution in [0.5, 0.6) is 0 Å². The number of hydrogen-bond donors (Lipinski definition) is 2. The summed E-state index contributed by atoms with van der Waals surface area (Å²) >= 11 is 1.70. The third kappa shape index (κ3) is 2.91. The summed E-state index contributed by atoms with van der Waals surface area (Å²) < 4.78 is 1.20. The van der Waals surface area contributed by atoms with Crippen LogP contribution in [0, 0.1) is 0 Å². The summed E-state index contributed by atoms with van der Waals surface area (Å²) in [5.41, 5.74) is 0.271. The Kier molecular flexibility index (Phi) is 4.05. The van der Waals surface area contributed by atoms with Crippen LogP contribution in [-0.4, -0.2) is 17.7 Å². The second-order valence-corrected chi connectivity index (χ2v) is 6.19. The van der Waals surface area contributed by atoms with Crippen LogP contribution in [0.2, 0.25) is 0 Å². The molecule has 3 heteroatoms. The highest BCUT2D eigenvalue weighted by atomic mass is 32.1. The summed E-state index contributed by atoms with van der Waals surface area (Å²) in [5.74, 6) is 0. The Balaban J connectivity index is 2.20. The van der Waals surface area contributed by atoms with Crippen LogP contribution in [0.15, 0.2) is 29.6 Å². The van der Waals surface area contributed by atoms with Gasteiger partial charge in [-0.25, -0.2) is 0 Å². The average molecular weight is 263 g/mol. The van der Waals surface area contributed by atoms with Gasteiger partial charge in [-0.15, -0.1) is 11.3 Å². The minimum atomic E-state index is -0.772. The summed E-state index contributed by atoms with van der Waals surface area (Å²) in [6.07, 6.45) is 0.724. The van der Waals surface area contributed by atoms with E-state index >= 15 is 0 Å². The van der Waals surface area contributed by atoms with Crippen molar-refractivity contribution in [3.8, 4) is 0 Å². The maximum Gasteiger partial charge on any atom is 0.0894 e. The monoisotopic (exact) mass is 263 g/mol. The molecular weight excluding hydrogens is 242 g/mol. The molecule has 2 aromatic rings. The maximum absolute atomic E-state index is 10.7. The van der Waals surface area contributed by atoms with Crippen molar-refractivity contribution in [2.24, 2.45) is 0 Å². The molecule has 0 saturated carbocycles. The SMILES string of the molecule is CC(C)NCCC(C)(O)c1cccc2ccsc12. The van der Waals surface area contributed by atoms with Crippen molar-refractivity contribution in [3.05, 3.63) is 35.2 Å². The van der Waals surface area contributed by atoms with Gasteiger partial charge in [0.25, 0.3) is 0 Å². The van der Waals surface area contributed by atoms with Crippen molar-refractivity contribution in [3.63, 3.8) is 0 Å². The second kappa shape index (κ2) is 5.39. The molecule has 2 nitrogen and oxygen atoms in total. The van der Waals surface area contributed by atoms with Gasteiger partial charge in [0, 0.05) is 16.3 Å². The van der Waals surface area contributed by atoms with E-state index in [1.807, 2.05) is 19.1 Å². The molecule has 2 N–H and O–H groups in total. The van der Waals surface area contributed by atoms with Crippen molar-refractivity contribution in [2.75, 3.05) is 6.54 Å². The quantitative estimate of drug-likeness (QED) is 0.865. The Morgan fingerprint density at radius 3 is 2.83 bits per heavy atom. The minimum Gasteiger partial charge on any atom is -0.385 e. The van der Waals surface area contributed by atoms with Crippen molar-refractivity contribution in [1.82, 2.24) is 5.32 Å². The first-order valence-corrected chi connectivity index (χ1v) is 7.31. The lowest BCUT2D eigenvalue weighted by Gasteiger charge is -2.25. The molecule has 2 rings (SSSR count). The zero-order valence-corrected chi connectivity index (χ0v) is 12.1. The van der Waals surface area contributed by atoms with Crippen LogP contribution < -0.4 is 5.32 Å². The third-order valence-electron chi connectivity index (χ3n) is 3.22. The molecule has 1 heterocycles.